The smallest absolute Gasteiger partial charge is 0.238 e. The minimum absolute atomic E-state index is 0.00613. The number of sulfonamides is 1. The van der Waals surface area contributed by atoms with Crippen molar-refractivity contribution in [1.82, 2.24) is 4.98 Å². The van der Waals surface area contributed by atoms with Crippen molar-refractivity contribution in [3.05, 3.63) is 102 Å². The van der Waals surface area contributed by atoms with Crippen molar-refractivity contribution in [2.45, 2.75) is 56.0 Å². The highest BCUT2D eigenvalue weighted by Gasteiger charge is 2.38. The van der Waals surface area contributed by atoms with Crippen molar-refractivity contribution >= 4 is 16.1 Å². The third-order valence-electron chi connectivity index (χ3n) is 7.06. The van der Waals surface area contributed by atoms with E-state index in [4.69, 9.17) is 19.0 Å². The largest absolute Gasteiger partial charge is 0.436 e. The van der Waals surface area contributed by atoms with Gasteiger partial charge in [0.15, 0.2) is 5.76 Å². The van der Waals surface area contributed by atoms with Gasteiger partial charge in [-0.05, 0) is 55.3 Å². The molecule has 1 aliphatic heterocycles. The van der Waals surface area contributed by atoms with E-state index >= 15 is 0 Å². The Bertz CT molecular complexity index is 1600. The highest BCUT2D eigenvalue weighted by Crippen LogP contribution is 2.38. The van der Waals surface area contributed by atoms with Gasteiger partial charge >= 0.3 is 0 Å². The fraction of sp³-hybridized carbons (Fsp3) is 0.281. The molecule has 9 heteroatoms. The number of nitrogens with two attached hydrogens (primary N) is 1. The lowest BCUT2D eigenvalue weighted by atomic mass is 9.81. The Morgan fingerprint density at radius 2 is 1.71 bits per heavy atom. The second kappa shape index (κ2) is 12.1. The van der Waals surface area contributed by atoms with Crippen molar-refractivity contribution in [2.24, 2.45) is 5.14 Å². The normalized spacial score (nSPS) is 21.4. The molecule has 0 radical (unpaired) electrons. The minimum Gasteiger partial charge on any atom is -0.436 e. The lowest BCUT2D eigenvalue weighted by Gasteiger charge is -2.39. The van der Waals surface area contributed by atoms with Crippen LogP contribution in [0.5, 0.6) is 0 Å². The van der Waals surface area contributed by atoms with E-state index in [0.717, 1.165) is 16.7 Å². The summed E-state index contributed by atoms with van der Waals surface area (Å²) < 4.78 is 41.1. The van der Waals surface area contributed by atoms with E-state index in [1.54, 1.807) is 18.2 Å². The summed E-state index contributed by atoms with van der Waals surface area (Å²) in [6.07, 6.45) is 4.68. The number of benzene rings is 3. The monoisotopic (exact) mass is 574 g/mol. The van der Waals surface area contributed by atoms with Crippen LogP contribution < -0.4 is 5.14 Å². The Kier molecular flexibility index (Phi) is 8.53. The molecule has 0 saturated carbocycles. The van der Waals surface area contributed by atoms with Gasteiger partial charge < -0.3 is 19.0 Å². The molecule has 4 aromatic rings. The highest BCUT2D eigenvalue weighted by atomic mass is 32.2. The maximum atomic E-state index is 11.7. The average Bonchev–Trinajstić information content (AvgIpc) is 3.37. The molecule has 0 amide bonds. The molecule has 214 valence electrons. The highest BCUT2D eigenvalue weighted by molar-refractivity contribution is 7.89. The van der Waals surface area contributed by atoms with Crippen LogP contribution in [-0.4, -0.2) is 37.3 Å². The van der Waals surface area contributed by atoms with Crippen LogP contribution >= 0.6 is 0 Å². The summed E-state index contributed by atoms with van der Waals surface area (Å²) in [6, 6.07) is 23.7. The lowest BCUT2D eigenvalue weighted by Crippen LogP contribution is -2.41. The van der Waals surface area contributed by atoms with E-state index in [2.05, 4.69) is 4.98 Å². The van der Waals surface area contributed by atoms with E-state index < -0.39 is 15.6 Å². The Balaban J connectivity index is 1.27. The first kappa shape index (κ1) is 28.9. The summed E-state index contributed by atoms with van der Waals surface area (Å²) in [7, 11) is -3.80. The molecule has 0 aliphatic carbocycles. The molecule has 1 aliphatic rings. The van der Waals surface area contributed by atoms with E-state index in [1.165, 1.54) is 12.1 Å². The zero-order chi connectivity index (χ0) is 29.0. The molecular formula is C32H34N2O6S. The van der Waals surface area contributed by atoms with Gasteiger partial charge in [-0.15, -0.1) is 0 Å². The second-order valence-electron chi connectivity index (χ2n) is 10.5. The molecule has 41 heavy (non-hydrogen) atoms. The third-order valence-corrected chi connectivity index (χ3v) is 7.99. The van der Waals surface area contributed by atoms with Crippen molar-refractivity contribution in [3.63, 3.8) is 0 Å². The van der Waals surface area contributed by atoms with Gasteiger partial charge in [-0.1, -0.05) is 60.7 Å². The van der Waals surface area contributed by atoms with Gasteiger partial charge in [0.1, 0.15) is 5.69 Å². The molecule has 8 nitrogen and oxygen atoms in total. The van der Waals surface area contributed by atoms with Crippen LogP contribution in [0, 0.1) is 0 Å². The van der Waals surface area contributed by atoms with Crippen LogP contribution in [0.2, 0.25) is 0 Å². The van der Waals surface area contributed by atoms with Gasteiger partial charge in [0.2, 0.25) is 15.9 Å². The average molecular weight is 575 g/mol. The number of aromatic nitrogens is 1. The molecule has 1 fully saturated rings. The van der Waals surface area contributed by atoms with E-state index in [-0.39, 0.29) is 17.1 Å². The molecule has 1 aromatic heterocycles. The molecule has 2 heterocycles. The topological polar surface area (TPSA) is 125 Å². The second-order valence-corrected chi connectivity index (χ2v) is 12.0. The number of hydrogen-bond acceptors (Lipinski definition) is 7. The minimum atomic E-state index is -3.80. The molecular weight excluding hydrogens is 540 g/mol. The fourth-order valence-corrected chi connectivity index (χ4v) is 5.81. The van der Waals surface area contributed by atoms with E-state index in [9.17, 15) is 13.5 Å². The SMILES string of the molecule is CC1CC(O)(c2cccc(COCC=Cc3nc(-c4ccccc4)c(-c4ccc(S(N)(=O)=O)cc4)o3)c2)CC(C)O1. The van der Waals surface area contributed by atoms with Gasteiger partial charge in [0.25, 0.3) is 0 Å². The maximum absolute atomic E-state index is 11.7. The maximum Gasteiger partial charge on any atom is 0.238 e. The summed E-state index contributed by atoms with van der Waals surface area (Å²) in [5.74, 6) is 0.911. The zero-order valence-corrected chi connectivity index (χ0v) is 23.9. The summed E-state index contributed by atoms with van der Waals surface area (Å²) in [4.78, 5) is 4.70. The first-order valence-corrected chi connectivity index (χ1v) is 15.1. The number of aliphatic hydroxyl groups is 1. The van der Waals surface area contributed by atoms with Crippen molar-refractivity contribution < 1.29 is 27.4 Å². The van der Waals surface area contributed by atoms with Gasteiger partial charge in [-0.25, -0.2) is 18.5 Å². The summed E-state index contributed by atoms with van der Waals surface area (Å²) in [5.41, 5.74) is 3.13. The molecule has 3 N–H and O–H groups in total. The molecule has 2 atom stereocenters. The van der Waals surface area contributed by atoms with Crippen molar-refractivity contribution in [2.75, 3.05) is 6.61 Å². The Morgan fingerprint density at radius 3 is 2.39 bits per heavy atom. The molecule has 0 bridgehead atoms. The predicted molar refractivity (Wildman–Crippen MR) is 157 cm³/mol. The van der Waals surface area contributed by atoms with Gasteiger partial charge in [0, 0.05) is 24.0 Å². The van der Waals surface area contributed by atoms with Crippen LogP contribution in [0.3, 0.4) is 0 Å². The molecule has 3 aromatic carbocycles. The summed E-state index contributed by atoms with van der Waals surface area (Å²) in [6.45, 7) is 4.70. The quantitative estimate of drug-likeness (QED) is 0.247. The Labute approximate surface area is 240 Å². The standard InChI is InChI=1S/C32H34N2O6S/c1-22-19-32(35,20-23(2)39-22)27-11-6-8-24(18-27)21-38-17-7-12-29-34-30(25-9-4-3-5-10-25)31(40-29)26-13-15-28(16-14-26)41(33,36)37/h3-16,18,22-23,35H,17,19-21H2,1-2H3,(H2,33,36,37). The number of primary sulfonamides is 1. The lowest BCUT2D eigenvalue weighted by molar-refractivity contribution is -0.135. The van der Waals surface area contributed by atoms with E-state index in [1.807, 2.05) is 74.5 Å². The first-order chi connectivity index (χ1) is 19.6. The molecule has 0 spiro atoms. The van der Waals surface area contributed by atoms with Crippen LogP contribution in [0.15, 0.2) is 94.3 Å². The van der Waals surface area contributed by atoms with Crippen LogP contribution in [0.4, 0.5) is 0 Å². The third kappa shape index (κ3) is 7.01. The van der Waals surface area contributed by atoms with Crippen LogP contribution in [0.25, 0.3) is 28.7 Å². The number of hydrogen-bond donors (Lipinski definition) is 2. The number of nitrogens with zero attached hydrogens (tertiary/aromatic N) is 1. The predicted octanol–water partition coefficient (Wildman–Crippen LogP) is 5.66. The molecule has 1 saturated heterocycles. The Morgan fingerprint density at radius 1 is 1.00 bits per heavy atom. The summed E-state index contributed by atoms with van der Waals surface area (Å²) >= 11 is 0. The zero-order valence-electron chi connectivity index (χ0n) is 23.1. The first-order valence-electron chi connectivity index (χ1n) is 13.5. The van der Waals surface area contributed by atoms with Gasteiger partial charge in [-0.3, -0.25) is 0 Å². The van der Waals surface area contributed by atoms with Crippen molar-refractivity contribution in [1.29, 1.82) is 0 Å². The molecule has 5 rings (SSSR count). The van der Waals surface area contributed by atoms with Crippen molar-refractivity contribution in [3.8, 4) is 22.6 Å². The molecule has 2 unspecified atom stereocenters. The number of rotatable bonds is 9. The van der Waals surface area contributed by atoms with Gasteiger partial charge in [0.05, 0.1) is 35.9 Å². The number of ether oxygens (including phenoxy) is 2. The van der Waals surface area contributed by atoms with Crippen LogP contribution in [-0.2, 0) is 31.7 Å². The summed E-state index contributed by atoms with van der Waals surface area (Å²) in [5, 5.41) is 16.5. The van der Waals surface area contributed by atoms with Crippen LogP contribution in [0.1, 0.15) is 43.7 Å². The fourth-order valence-electron chi connectivity index (χ4n) is 5.30. The Hall–Kier alpha value is -3.60. The number of oxazole rings is 1. The van der Waals surface area contributed by atoms with E-state index in [0.29, 0.717) is 49.0 Å². The van der Waals surface area contributed by atoms with Gasteiger partial charge in [-0.2, -0.15) is 0 Å².